The minimum Gasteiger partial charge on any atom is -0.314 e. The van der Waals surface area contributed by atoms with Gasteiger partial charge >= 0.3 is 0 Å². The molecule has 0 aromatic carbocycles. The smallest absolute Gasteiger partial charge is 0.0113 e. The fourth-order valence-electron chi connectivity index (χ4n) is 4.19. The highest BCUT2D eigenvalue weighted by atomic mass is 32.2. The van der Waals surface area contributed by atoms with Gasteiger partial charge in [0.2, 0.25) is 0 Å². The van der Waals surface area contributed by atoms with Gasteiger partial charge in [-0.1, -0.05) is 26.2 Å². The molecular weight excluding hydrogens is 264 g/mol. The number of unbranched alkanes of at least 4 members (excludes halogenated alkanes) is 3. The number of nitrogens with one attached hydrogen (secondary N) is 1. The summed E-state index contributed by atoms with van der Waals surface area (Å²) in [4.78, 5) is 2.88. The SMILES string of the molecule is CCNC1CC2CCCC(C1)N2CCCCCCSC. The Hall–Kier alpha value is 0.270. The predicted octanol–water partition coefficient (Wildman–Crippen LogP) is 3.90. The second-order valence-electron chi connectivity index (χ2n) is 6.61. The normalized spacial score (nSPS) is 30.6. The predicted molar refractivity (Wildman–Crippen MR) is 91.7 cm³/mol. The van der Waals surface area contributed by atoms with Crippen LogP contribution in [0.5, 0.6) is 0 Å². The quantitative estimate of drug-likeness (QED) is 0.650. The van der Waals surface area contributed by atoms with Crippen molar-refractivity contribution in [2.45, 2.75) is 82.8 Å². The Morgan fingerprint density at radius 3 is 2.40 bits per heavy atom. The fourth-order valence-corrected chi connectivity index (χ4v) is 4.69. The second kappa shape index (κ2) is 9.32. The lowest BCUT2D eigenvalue weighted by molar-refractivity contribution is 0.0236. The van der Waals surface area contributed by atoms with Crippen LogP contribution in [0.1, 0.15) is 64.7 Å². The first kappa shape index (κ1) is 16.6. The van der Waals surface area contributed by atoms with Crippen LogP contribution in [0.15, 0.2) is 0 Å². The highest BCUT2D eigenvalue weighted by Crippen LogP contribution is 2.34. The lowest BCUT2D eigenvalue weighted by Gasteiger charge is -2.49. The van der Waals surface area contributed by atoms with Crippen LogP contribution in [0, 0.1) is 0 Å². The Morgan fingerprint density at radius 1 is 1.05 bits per heavy atom. The standard InChI is InChI=1S/C17H34N2S/c1-3-18-15-13-16-9-8-10-17(14-15)19(16)11-6-4-5-7-12-20-2/h15-18H,3-14H2,1-2H3. The van der Waals surface area contributed by atoms with Crippen LogP contribution in [0.4, 0.5) is 0 Å². The van der Waals surface area contributed by atoms with Gasteiger partial charge in [0, 0.05) is 18.1 Å². The van der Waals surface area contributed by atoms with Gasteiger partial charge in [-0.2, -0.15) is 11.8 Å². The Morgan fingerprint density at radius 2 is 1.75 bits per heavy atom. The molecule has 2 saturated heterocycles. The van der Waals surface area contributed by atoms with Crippen LogP contribution in [0.3, 0.4) is 0 Å². The maximum atomic E-state index is 3.70. The van der Waals surface area contributed by atoms with Crippen LogP contribution in [-0.4, -0.2) is 48.1 Å². The third kappa shape index (κ3) is 4.92. The Bertz CT molecular complexity index is 245. The zero-order valence-corrected chi connectivity index (χ0v) is 14.4. The maximum absolute atomic E-state index is 3.70. The van der Waals surface area contributed by atoms with E-state index in [4.69, 9.17) is 0 Å². The van der Waals surface area contributed by atoms with E-state index in [0.717, 1.165) is 24.7 Å². The molecule has 2 aliphatic rings. The summed E-state index contributed by atoms with van der Waals surface area (Å²) in [6, 6.07) is 2.57. The molecule has 0 aromatic rings. The van der Waals surface area contributed by atoms with Crippen LogP contribution in [0.25, 0.3) is 0 Å². The summed E-state index contributed by atoms with van der Waals surface area (Å²) >= 11 is 1.99. The molecule has 0 aliphatic carbocycles. The second-order valence-corrected chi connectivity index (χ2v) is 7.59. The van der Waals surface area contributed by atoms with Crippen molar-refractivity contribution in [1.82, 2.24) is 10.2 Å². The van der Waals surface area contributed by atoms with Crippen molar-refractivity contribution in [3.8, 4) is 0 Å². The summed E-state index contributed by atoms with van der Waals surface area (Å²) in [5, 5.41) is 3.70. The topological polar surface area (TPSA) is 15.3 Å². The number of piperidine rings is 2. The molecular formula is C17H34N2S. The van der Waals surface area contributed by atoms with E-state index in [1.807, 2.05) is 11.8 Å². The zero-order chi connectivity index (χ0) is 14.2. The largest absolute Gasteiger partial charge is 0.314 e. The van der Waals surface area contributed by atoms with Crippen molar-refractivity contribution in [3.05, 3.63) is 0 Å². The van der Waals surface area contributed by atoms with Crippen molar-refractivity contribution < 1.29 is 0 Å². The van der Waals surface area contributed by atoms with Crippen molar-refractivity contribution >= 4 is 11.8 Å². The minimum atomic E-state index is 0.799. The summed E-state index contributed by atoms with van der Waals surface area (Å²) in [5.41, 5.74) is 0. The van der Waals surface area contributed by atoms with E-state index in [1.54, 1.807) is 0 Å². The van der Waals surface area contributed by atoms with E-state index < -0.39 is 0 Å². The molecule has 0 saturated carbocycles. The molecule has 118 valence electrons. The van der Waals surface area contributed by atoms with E-state index in [1.165, 1.54) is 70.1 Å². The molecule has 20 heavy (non-hydrogen) atoms. The van der Waals surface area contributed by atoms with Crippen molar-refractivity contribution in [1.29, 1.82) is 0 Å². The first-order valence-corrected chi connectivity index (χ1v) is 10.2. The summed E-state index contributed by atoms with van der Waals surface area (Å²) in [6.07, 6.45) is 15.1. The summed E-state index contributed by atoms with van der Waals surface area (Å²) in [6.45, 7) is 4.75. The van der Waals surface area contributed by atoms with Gasteiger partial charge in [-0.05, 0) is 63.6 Å². The van der Waals surface area contributed by atoms with Crippen LogP contribution >= 0.6 is 11.8 Å². The highest BCUT2D eigenvalue weighted by Gasteiger charge is 2.37. The van der Waals surface area contributed by atoms with Gasteiger partial charge in [0.15, 0.2) is 0 Å². The van der Waals surface area contributed by atoms with E-state index in [9.17, 15) is 0 Å². The first-order valence-electron chi connectivity index (χ1n) is 8.83. The molecule has 2 fully saturated rings. The van der Waals surface area contributed by atoms with E-state index >= 15 is 0 Å². The molecule has 0 spiro atoms. The number of hydrogen-bond donors (Lipinski definition) is 1. The minimum absolute atomic E-state index is 0.799. The molecule has 2 nitrogen and oxygen atoms in total. The average Bonchev–Trinajstić information content (AvgIpc) is 2.43. The lowest BCUT2D eigenvalue weighted by Crippen LogP contribution is -2.56. The monoisotopic (exact) mass is 298 g/mol. The number of thioether (sulfide) groups is 1. The first-order chi connectivity index (χ1) is 9.85. The number of fused-ring (bicyclic) bond motifs is 2. The molecule has 0 amide bonds. The molecule has 3 heteroatoms. The van der Waals surface area contributed by atoms with Crippen LogP contribution in [0.2, 0.25) is 0 Å². The summed E-state index contributed by atoms with van der Waals surface area (Å²) in [7, 11) is 0. The molecule has 1 N–H and O–H groups in total. The van der Waals surface area contributed by atoms with Gasteiger partial charge in [-0.15, -0.1) is 0 Å². The van der Waals surface area contributed by atoms with E-state index in [2.05, 4.69) is 23.4 Å². The Balaban J connectivity index is 1.69. The van der Waals surface area contributed by atoms with Gasteiger partial charge in [0.1, 0.15) is 0 Å². The van der Waals surface area contributed by atoms with Crippen molar-refractivity contribution in [2.75, 3.05) is 25.1 Å². The molecule has 2 atom stereocenters. The Labute approximate surface area is 130 Å². The van der Waals surface area contributed by atoms with Gasteiger partial charge in [0.05, 0.1) is 0 Å². The molecule has 2 rings (SSSR count). The highest BCUT2D eigenvalue weighted by molar-refractivity contribution is 7.98. The van der Waals surface area contributed by atoms with Gasteiger partial charge < -0.3 is 5.32 Å². The van der Waals surface area contributed by atoms with E-state index in [0.29, 0.717) is 0 Å². The number of hydrogen-bond acceptors (Lipinski definition) is 3. The average molecular weight is 299 g/mol. The summed E-state index contributed by atoms with van der Waals surface area (Å²) in [5.74, 6) is 1.35. The third-order valence-electron chi connectivity index (χ3n) is 5.13. The molecule has 2 heterocycles. The van der Waals surface area contributed by atoms with Crippen molar-refractivity contribution in [2.24, 2.45) is 0 Å². The van der Waals surface area contributed by atoms with Gasteiger partial charge in [-0.3, -0.25) is 4.90 Å². The molecule has 0 radical (unpaired) electrons. The Kier molecular flexibility index (Phi) is 7.75. The molecule has 2 bridgehead atoms. The molecule has 0 aromatic heterocycles. The van der Waals surface area contributed by atoms with Gasteiger partial charge in [0.25, 0.3) is 0 Å². The maximum Gasteiger partial charge on any atom is 0.0113 e. The molecule has 2 unspecified atom stereocenters. The third-order valence-corrected chi connectivity index (χ3v) is 5.83. The molecule has 2 aliphatic heterocycles. The lowest BCUT2D eigenvalue weighted by atomic mass is 9.81. The number of nitrogens with zero attached hydrogens (tertiary/aromatic N) is 1. The van der Waals surface area contributed by atoms with Crippen molar-refractivity contribution in [3.63, 3.8) is 0 Å². The van der Waals surface area contributed by atoms with Crippen LogP contribution in [-0.2, 0) is 0 Å². The summed E-state index contributed by atoms with van der Waals surface area (Å²) < 4.78 is 0. The van der Waals surface area contributed by atoms with E-state index in [-0.39, 0.29) is 0 Å². The number of rotatable bonds is 9. The van der Waals surface area contributed by atoms with Gasteiger partial charge in [-0.25, -0.2) is 0 Å². The van der Waals surface area contributed by atoms with Crippen LogP contribution < -0.4 is 5.32 Å². The fraction of sp³-hybridized carbons (Fsp3) is 1.00. The zero-order valence-electron chi connectivity index (χ0n) is 13.6.